The predicted octanol–water partition coefficient (Wildman–Crippen LogP) is 1.70. The highest BCUT2D eigenvalue weighted by Gasteiger charge is 2.12. The van der Waals surface area contributed by atoms with Crippen molar-refractivity contribution in [3.63, 3.8) is 0 Å². The van der Waals surface area contributed by atoms with Crippen LogP contribution in [0, 0.1) is 12.7 Å². The molecule has 2 rings (SSSR count). The van der Waals surface area contributed by atoms with E-state index in [1.807, 2.05) is 0 Å². The number of hydrogen-bond acceptors (Lipinski definition) is 3. The first-order chi connectivity index (χ1) is 8.49. The van der Waals surface area contributed by atoms with Crippen LogP contribution in [0.3, 0.4) is 0 Å². The number of amides is 1. The molecule has 0 aliphatic carbocycles. The summed E-state index contributed by atoms with van der Waals surface area (Å²) >= 11 is 0. The van der Waals surface area contributed by atoms with Crippen LogP contribution in [-0.2, 0) is 7.05 Å². The molecule has 0 radical (unpaired) electrons. The molecule has 1 aromatic heterocycles. The molecule has 3 N–H and O–H groups in total. The smallest absolute Gasteiger partial charge is 0.256 e. The van der Waals surface area contributed by atoms with Crippen molar-refractivity contribution in [2.24, 2.45) is 7.05 Å². The second-order valence-corrected chi connectivity index (χ2v) is 3.99. The minimum atomic E-state index is -0.353. The van der Waals surface area contributed by atoms with E-state index in [2.05, 4.69) is 10.4 Å². The Morgan fingerprint density at radius 2 is 2.22 bits per heavy atom. The van der Waals surface area contributed by atoms with E-state index in [1.165, 1.54) is 29.1 Å². The number of nitrogen functional groups attached to an aromatic ring is 1. The average Bonchev–Trinajstić information content (AvgIpc) is 2.64. The van der Waals surface area contributed by atoms with Gasteiger partial charge in [0.25, 0.3) is 5.91 Å². The van der Waals surface area contributed by atoms with Gasteiger partial charge in [-0.1, -0.05) is 0 Å². The van der Waals surface area contributed by atoms with Crippen molar-refractivity contribution in [3.8, 4) is 0 Å². The Morgan fingerprint density at radius 3 is 2.78 bits per heavy atom. The maximum Gasteiger partial charge on any atom is 0.256 e. The number of carbonyl (C=O) groups excluding carboxylic acids is 1. The van der Waals surface area contributed by atoms with Crippen LogP contribution in [0.4, 0.5) is 15.9 Å². The van der Waals surface area contributed by atoms with Gasteiger partial charge in [0, 0.05) is 12.6 Å². The number of carbonyl (C=O) groups is 1. The van der Waals surface area contributed by atoms with E-state index in [0.29, 0.717) is 22.6 Å². The largest absolute Gasteiger partial charge is 0.394 e. The molecule has 0 fully saturated rings. The lowest BCUT2D eigenvalue weighted by Gasteiger charge is -2.07. The molecule has 6 heteroatoms. The van der Waals surface area contributed by atoms with Gasteiger partial charge < -0.3 is 11.1 Å². The summed E-state index contributed by atoms with van der Waals surface area (Å²) in [7, 11) is 1.67. The minimum absolute atomic E-state index is 0.341. The predicted molar refractivity (Wildman–Crippen MR) is 66.7 cm³/mol. The van der Waals surface area contributed by atoms with Crippen LogP contribution in [0.5, 0.6) is 0 Å². The topological polar surface area (TPSA) is 72.9 Å². The van der Waals surface area contributed by atoms with Gasteiger partial charge in [-0.15, -0.1) is 0 Å². The van der Waals surface area contributed by atoms with Crippen molar-refractivity contribution in [1.29, 1.82) is 0 Å². The highest BCUT2D eigenvalue weighted by atomic mass is 19.1. The van der Waals surface area contributed by atoms with Crippen molar-refractivity contribution < 1.29 is 9.18 Å². The molecule has 1 amide bonds. The van der Waals surface area contributed by atoms with Gasteiger partial charge in [0.1, 0.15) is 5.82 Å². The maximum atomic E-state index is 13.1. The van der Waals surface area contributed by atoms with Crippen LogP contribution in [0.1, 0.15) is 15.9 Å². The van der Waals surface area contributed by atoms with Crippen LogP contribution in [0.15, 0.2) is 24.4 Å². The number of nitrogens with two attached hydrogens (primary N) is 1. The molecular weight excluding hydrogens is 235 g/mol. The Bertz CT molecular complexity index is 587. The molecule has 1 aromatic carbocycles. The van der Waals surface area contributed by atoms with E-state index in [0.717, 1.165) is 0 Å². The number of benzene rings is 1. The van der Waals surface area contributed by atoms with E-state index in [4.69, 9.17) is 5.73 Å². The van der Waals surface area contributed by atoms with Crippen LogP contribution < -0.4 is 11.1 Å². The van der Waals surface area contributed by atoms with E-state index >= 15 is 0 Å². The van der Waals surface area contributed by atoms with Gasteiger partial charge in [0.15, 0.2) is 5.82 Å². The molecule has 2 aromatic rings. The van der Waals surface area contributed by atoms with Crippen LogP contribution in [-0.4, -0.2) is 15.7 Å². The lowest BCUT2D eigenvalue weighted by molar-refractivity contribution is 0.102. The Labute approximate surface area is 103 Å². The third kappa shape index (κ3) is 2.17. The summed E-state index contributed by atoms with van der Waals surface area (Å²) in [6.45, 7) is 1.60. The fourth-order valence-electron chi connectivity index (χ4n) is 1.57. The lowest BCUT2D eigenvalue weighted by Crippen LogP contribution is -2.15. The summed E-state index contributed by atoms with van der Waals surface area (Å²) in [6, 6.07) is 4.16. The number of nitrogens with zero attached hydrogens (tertiary/aromatic N) is 2. The Morgan fingerprint density at radius 1 is 1.50 bits per heavy atom. The molecule has 94 valence electrons. The normalized spacial score (nSPS) is 10.4. The fourth-order valence-corrected chi connectivity index (χ4v) is 1.57. The van der Waals surface area contributed by atoms with Gasteiger partial charge in [-0.05, 0) is 30.7 Å². The zero-order valence-corrected chi connectivity index (χ0v) is 10.1. The monoisotopic (exact) mass is 248 g/mol. The minimum Gasteiger partial charge on any atom is -0.394 e. The maximum absolute atomic E-state index is 13.1. The number of nitrogens with one attached hydrogen (secondary N) is 1. The standard InChI is InChI=1S/C12H13FN4O/c1-7-5-8(3-4-9(7)13)12(18)16-11-10(14)6-15-17(11)2/h3-6H,14H2,1-2H3,(H,16,18). The number of anilines is 2. The second kappa shape index (κ2) is 4.48. The lowest BCUT2D eigenvalue weighted by atomic mass is 10.1. The Kier molecular flexibility index (Phi) is 3.01. The summed E-state index contributed by atoms with van der Waals surface area (Å²) < 4.78 is 14.6. The zero-order valence-electron chi connectivity index (χ0n) is 10.1. The van der Waals surface area contributed by atoms with Gasteiger partial charge in [0.2, 0.25) is 0 Å². The molecule has 1 heterocycles. The summed E-state index contributed by atoms with van der Waals surface area (Å²) in [4.78, 5) is 11.9. The number of rotatable bonds is 2. The molecule has 5 nitrogen and oxygen atoms in total. The number of hydrogen-bond donors (Lipinski definition) is 2. The van der Waals surface area contributed by atoms with Crippen LogP contribution in [0.25, 0.3) is 0 Å². The first-order valence-electron chi connectivity index (χ1n) is 5.34. The molecule has 0 spiro atoms. The van der Waals surface area contributed by atoms with Gasteiger partial charge in [-0.3, -0.25) is 9.48 Å². The van der Waals surface area contributed by atoms with E-state index < -0.39 is 0 Å². The van der Waals surface area contributed by atoms with Crippen LogP contribution >= 0.6 is 0 Å². The first kappa shape index (κ1) is 12.1. The summed E-state index contributed by atoms with van der Waals surface area (Å²) in [6.07, 6.45) is 1.45. The van der Waals surface area contributed by atoms with E-state index in [1.54, 1.807) is 14.0 Å². The zero-order chi connectivity index (χ0) is 13.3. The molecule has 0 saturated heterocycles. The average molecular weight is 248 g/mol. The highest BCUT2D eigenvalue weighted by Crippen LogP contribution is 2.17. The first-order valence-corrected chi connectivity index (χ1v) is 5.34. The van der Waals surface area contributed by atoms with Gasteiger partial charge in [-0.25, -0.2) is 4.39 Å². The van der Waals surface area contributed by atoms with E-state index in [9.17, 15) is 9.18 Å². The Balaban J connectivity index is 2.25. The highest BCUT2D eigenvalue weighted by molar-refractivity contribution is 6.05. The fraction of sp³-hybridized carbons (Fsp3) is 0.167. The SMILES string of the molecule is Cc1cc(C(=O)Nc2c(N)cnn2C)ccc1F. The Hall–Kier alpha value is -2.37. The summed E-state index contributed by atoms with van der Waals surface area (Å²) in [5.74, 6) is -0.276. The molecular formula is C12H13FN4O. The van der Waals surface area contributed by atoms with Crippen molar-refractivity contribution in [1.82, 2.24) is 9.78 Å². The summed E-state index contributed by atoms with van der Waals surface area (Å²) in [5, 5.41) is 6.55. The number of aromatic nitrogens is 2. The molecule has 0 aliphatic heterocycles. The number of halogens is 1. The molecule has 0 bridgehead atoms. The quantitative estimate of drug-likeness (QED) is 0.849. The third-order valence-corrected chi connectivity index (χ3v) is 2.62. The second-order valence-electron chi connectivity index (χ2n) is 3.99. The van der Waals surface area contributed by atoms with Gasteiger partial charge in [0.05, 0.1) is 11.9 Å². The summed E-state index contributed by atoms with van der Waals surface area (Å²) in [5.41, 5.74) is 6.83. The molecule has 0 atom stereocenters. The molecule has 0 aliphatic rings. The third-order valence-electron chi connectivity index (χ3n) is 2.62. The molecule has 0 saturated carbocycles. The van der Waals surface area contributed by atoms with E-state index in [-0.39, 0.29) is 11.7 Å². The number of aryl methyl sites for hydroxylation is 2. The molecule has 18 heavy (non-hydrogen) atoms. The molecule has 0 unspecified atom stereocenters. The van der Waals surface area contributed by atoms with Crippen LogP contribution in [0.2, 0.25) is 0 Å². The van der Waals surface area contributed by atoms with Gasteiger partial charge >= 0.3 is 0 Å². The van der Waals surface area contributed by atoms with Crippen molar-refractivity contribution in [2.45, 2.75) is 6.92 Å². The van der Waals surface area contributed by atoms with Crippen molar-refractivity contribution in [2.75, 3.05) is 11.1 Å². The van der Waals surface area contributed by atoms with Crippen molar-refractivity contribution in [3.05, 3.63) is 41.3 Å². The van der Waals surface area contributed by atoms with Gasteiger partial charge in [-0.2, -0.15) is 5.10 Å². The van der Waals surface area contributed by atoms with Crippen molar-refractivity contribution >= 4 is 17.4 Å².